The van der Waals surface area contributed by atoms with E-state index in [9.17, 15) is 13.6 Å². The Balaban J connectivity index is 3.01. The van der Waals surface area contributed by atoms with Gasteiger partial charge in [0.15, 0.2) is 0 Å². The van der Waals surface area contributed by atoms with Gasteiger partial charge in [-0.1, -0.05) is 0 Å². The zero-order chi connectivity index (χ0) is 11.6. The number of benzene rings is 1. The molecule has 0 fully saturated rings. The van der Waals surface area contributed by atoms with Crippen LogP contribution in [0.4, 0.5) is 14.5 Å². The van der Waals surface area contributed by atoms with E-state index in [2.05, 4.69) is 5.43 Å². The van der Waals surface area contributed by atoms with Gasteiger partial charge in [0.05, 0.1) is 0 Å². The lowest BCUT2D eigenvalue weighted by molar-refractivity contribution is 0.0856. The van der Waals surface area contributed by atoms with E-state index in [1.165, 1.54) is 5.01 Å². The van der Waals surface area contributed by atoms with E-state index in [4.69, 9.17) is 5.73 Å². The summed E-state index contributed by atoms with van der Waals surface area (Å²) in [5, 5.41) is 1.37. The van der Waals surface area contributed by atoms with Gasteiger partial charge in [-0.15, -0.1) is 0 Å². The average molecular weight is 215 g/mol. The fraction of sp³-hybridized carbons (Fsp3) is 0.222. The highest BCUT2D eigenvalue weighted by Crippen LogP contribution is 2.16. The Kier molecular flexibility index (Phi) is 3.21. The molecule has 0 spiro atoms. The Bertz CT molecular complexity index is 370. The van der Waals surface area contributed by atoms with Crippen LogP contribution in [0.1, 0.15) is 10.4 Å². The first-order chi connectivity index (χ1) is 6.91. The molecule has 0 radical (unpaired) electrons. The molecule has 0 saturated carbocycles. The third kappa shape index (κ3) is 2.63. The first-order valence-corrected chi connectivity index (χ1v) is 4.14. The van der Waals surface area contributed by atoms with Gasteiger partial charge < -0.3 is 5.73 Å². The summed E-state index contributed by atoms with van der Waals surface area (Å²) in [5.41, 5.74) is 6.71. The first kappa shape index (κ1) is 11.4. The van der Waals surface area contributed by atoms with Crippen LogP contribution in [0.2, 0.25) is 0 Å². The second kappa shape index (κ2) is 4.22. The molecule has 0 saturated heterocycles. The van der Waals surface area contributed by atoms with Gasteiger partial charge in [0.1, 0.15) is 17.3 Å². The third-order valence-corrected chi connectivity index (χ3v) is 1.67. The van der Waals surface area contributed by atoms with Crippen LogP contribution in [0.15, 0.2) is 12.1 Å². The second-order valence-corrected chi connectivity index (χ2v) is 3.19. The van der Waals surface area contributed by atoms with Crippen LogP contribution in [-0.4, -0.2) is 25.0 Å². The summed E-state index contributed by atoms with van der Waals surface area (Å²) >= 11 is 0. The predicted molar refractivity (Wildman–Crippen MR) is 51.9 cm³/mol. The maximum atomic E-state index is 13.0. The number of amides is 1. The molecule has 4 nitrogen and oxygen atoms in total. The summed E-state index contributed by atoms with van der Waals surface area (Å²) in [7, 11) is 3.17. The predicted octanol–water partition coefficient (Wildman–Crippen LogP) is 0.753. The summed E-state index contributed by atoms with van der Waals surface area (Å²) < 4.78 is 26.0. The van der Waals surface area contributed by atoms with Crippen molar-refractivity contribution < 1.29 is 13.6 Å². The van der Waals surface area contributed by atoms with Gasteiger partial charge >= 0.3 is 0 Å². The molecule has 1 aromatic carbocycles. The Labute approximate surface area is 85.6 Å². The number of hydrogen-bond donors (Lipinski definition) is 2. The van der Waals surface area contributed by atoms with Crippen LogP contribution in [-0.2, 0) is 0 Å². The van der Waals surface area contributed by atoms with Crippen LogP contribution >= 0.6 is 0 Å². The maximum Gasteiger partial charge on any atom is 0.265 e. The van der Waals surface area contributed by atoms with E-state index >= 15 is 0 Å². The molecule has 1 aromatic rings. The molecule has 82 valence electrons. The molecule has 1 amide bonds. The lowest BCUT2D eigenvalue weighted by Gasteiger charge is -2.12. The van der Waals surface area contributed by atoms with Gasteiger partial charge in [-0.05, 0) is 12.1 Å². The molecule has 0 aromatic heterocycles. The molecule has 0 heterocycles. The molecule has 0 aliphatic carbocycles. The Morgan fingerprint density at radius 3 is 2.20 bits per heavy atom. The summed E-state index contributed by atoms with van der Waals surface area (Å²) in [4.78, 5) is 11.3. The van der Waals surface area contributed by atoms with Crippen molar-refractivity contribution in [1.29, 1.82) is 0 Å². The minimum Gasteiger partial charge on any atom is -0.394 e. The number of nitrogens with one attached hydrogen (secondary N) is 1. The molecule has 6 heteroatoms. The Morgan fingerprint density at radius 2 is 1.80 bits per heavy atom. The number of carbonyl (C=O) groups is 1. The molecular weight excluding hydrogens is 204 g/mol. The number of carbonyl (C=O) groups excluding carboxylic acids is 1. The fourth-order valence-electron chi connectivity index (χ4n) is 0.983. The van der Waals surface area contributed by atoms with Gasteiger partial charge in [-0.25, -0.2) is 13.8 Å². The summed E-state index contributed by atoms with van der Waals surface area (Å²) in [6.07, 6.45) is 0. The van der Waals surface area contributed by atoms with Gasteiger partial charge in [0.2, 0.25) is 0 Å². The minimum absolute atomic E-state index is 0.118. The molecule has 15 heavy (non-hydrogen) atoms. The minimum atomic E-state index is -0.945. The highest BCUT2D eigenvalue weighted by molar-refractivity contribution is 5.94. The maximum absolute atomic E-state index is 13.0. The quantitative estimate of drug-likeness (QED) is 0.565. The largest absolute Gasteiger partial charge is 0.394 e. The number of anilines is 1. The van der Waals surface area contributed by atoms with Crippen molar-refractivity contribution in [3.05, 3.63) is 29.3 Å². The highest BCUT2D eigenvalue weighted by Gasteiger charge is 2.13. The molecule has 1 rings (SSSR count). The molecule has 0 unspecified atom stereocenters. The van der Waals surface area contributed by atoms with Crippen molar-refractivity contribution in [1.82, 2.24) is 10.4 Å². The van der Waals surface area contributed by atoms with Crippen molar-refractivity contribution in [2.24, 2.45) is 0 Å². The van der Waals surface area contributed by atoms with E-state index in [0.717, 1.165) is 12.1 Å². The van der Waals surface area contributed by atoms with Crippen LogP contribution in [0, 0.1) is 11.6 Å². The highest BCUT2D eigenvalue weighted by atomic mass is 19.1. The van der Waals surface area contributed by atoms with Crippen LogP contribution in [0.5, 0.6) is 0 Å². The molecule has 3 N–H and O–H groups in total. The van der Waals surface area contributed by atoms with Crippen molar-refractivity contribution in [3.8, 4) is 0 Å². The van der Waals surface area contributed by atoms with Crippen LogP contribution < -0.4 is 11.2 Å². The zero-order valence-corrected chi connectivity index (χ0v) is 8.34. The first-order valence-electron chi connectivity index (χ1n) is 4.14. The molecule has 0 aliphatic heterocycles. The van der Waals surface area contributed by atoms with Crippen molar-refractivity contribution in [2.45, 2.75) is 0 Å². The van der Waals surface area contributed by atoms with Gasteiger partial charge in [-0.3, -0.25) is 10.2 Å². The molecule has 0 bridgehead atoms. The standard InChI is InChI=1S/C9H11F2N3O/c1-14(2)13-9(15)5-3-6(10)8(12)7(11)4-5/h3-4H,12H2,1-2H3,(H,13,15). The summed E-state index contributed by atoms with van der Waals surface area (Å²) in [6.45, 7) is 0. The van der Waals surface area contributed by atoms with E-state index in [1.807, 2.05) is 0 Å². The van der Waals surface area contributed by atoms with E-state index in [0.29, 0.717) is 0 Å². The topological polar surface area (TPSA) is 58.4 Å². The van der Waals surface area contributed by atoms with Crippen molar-refractivity contribution in [3.63, 3.8) is 0 Å². The third-order valence-electron chi connectivity index (χ3n) is 1.67. The fourth-order valence-corrected chi connectivity index (χ4v) is 0.983. The van der Waals surface area contributed by atoms with E-state index in [1.54, 1.807) is 14.1 Å². The molecule has 0 aliphatic rings. The van der Waals surface area contributed by atoms with Crippen LogP contribution in [0.25, 0.3) is 0 Å². The van der Waals surface area contributed by atoms with E-state index < -0.39 is 23.2 Å². The Morgan fingerprint density at radius 1 is 1.33 bits per heavy atom. The Hall–Kier alpha value is -1.69. The van der Waals surface area contributed by atoms with E-state index in [-0.39, 0.29) is 5.56 Å². The number of nitrogens with zero attached hydrogens (tertiary/aromatic N) is 1. The zero-order valence-electron chi connectivity index (χ0n) is 8.34. The van der Waals surface area contributed by atoms with Gasteiger partial charge in [0, 0.05) is 19.7 Å². The second-order valence-electron chi connectivity index (χ2n) is 3.19. The van der Waals surface area contributed by atoms with Crippen molar-refractivity contribution in [2.75, 3.05) is 19.8 Å². The normalized spacial score (nSPS) is 10.5. The lowest BCUT2D eigenvalue weighted by Crippen LogP contribution is -2.36. The van der Waals surface area contributed by atoms with Crippen molar-refractivity contribution >= 4 is 11.6 Å². The number of hydrogen-bond acceptors (Lipinski definition) is 3. The number of halogens is 2. The number of nitrogen functional groups attached to an aromatic ring is 1. The number of hydrazine groups is 1. The average Bonchev–Trinajstić information content (AvgIpc) is 2.12. The SMILES string of the molecule is CN(C)NC(=O)c1cc(F)c(N)c(F)c1. The molecular formula is C9H11F2N3O. The van der Waals surface area contributed by atoms with Crippen LogP contribution in [0.3, 0.4) is 0 Å². The lowest BCUT2D eigenvalue weighted by atomic mass is 10.2. The number of rotatable bonds is 2. The summed E-state index contributed by atoms with van der Waals surface area (Å²) in [6, 6.07) is 1.77. The number of nitrogens with two attached hydrogens (primary N) is 1. The molecule has 0 atom stereocenters. The monoisotopic (exact) mass is 215 g/mol. The smallest absolute Gasteiger partial charge is 0.265 e. The van der Waals surface area contributed by atoms with Gasteiger partial charge in [0.25, 0.3) is 5.91 Å². The van der Waals surface area contributed by atoms with Gasteiger partial charge in [-0.2, -0.15) is 0 Å². The summed E-state index contributed by atoms with van der Waals surface area (Å²) in [5.74, 6) is -2.49.